The van der Waals surface area contributed by atoms with Crippen LogP contribution in [0.1, 0.15) is 25.3 Å². The molecule has 0 bridgehead atoms. The monoisotopic (exact) mass is 384 g/mol. The summed E-state index contributed by atoms with van der Waals surface area (Å²) in [5, 5.41) is 13.4. The van der Waals surface area contributed by atoms with Crippen LogP contribution in [0, 0.1) is 5.92 Å². The molecule has 8 heteroatoms. The van der Waals surface area contributed by atoms with Crippen molar-refractivity contribution >= 4 is 15.9 Å². The molecule has 146 valence electrons. The van der Waals surface area contributed by atoms with Gasteiger partial charge >= 0.3 is 0 Å². The van der Waals surface area contributed by atoms with Gasteiger partial charge < -0.3 is 15.2 Å². The molecule has 0 aliphatic carbocycles. The van der Waals surface area contributed by atoms with Gasteiger partial charge in [0.1, 0.15) is 5.75 Å². The van der Waals surface area contributed by atoms with Crippen LogP contribution in [0.15, 0.2) is 24.3 Å². The molecule has 1 fully saturated rings. The van der Waals surface area contributed by atoms with Gasteiger partial charge in [-0.05, 0) is 37.5 Å². The molecule has 1 aromatic carbocycles. The molecule has 1 aromatic rings. The maximum Gasteiger partial charge on any atom is 0.223 e. The van der Waals surface area contributed by atoms with E-state index >= 15 is 0 Å². The molecule has 0 spiro atoms. The number of ether oxygens (including phenoxy) is 1. The van der Waals surface area contributed by atoms with Gasteiger partial charge in [-0.2, -0.15) is 0 Å². The topological polar surface area (TPSA) is 95.9 Å². The number of amides is 1. The number of rotatable bonds is 7. The minimum atomic E-state index is -3.20. The first-order valence-electron chi connectivity index (χ1n) is 8.69. The zero-order chi connectivity index (χ0) is 19.4. The summed E-state index contributed by atoms with van der Waals surface area (Å²) >= 11 is 0. The molecule has 0 radical (unpaired) electrons. The van der Waals surface area contributed by atoms with E-state index in [-0.39, 0.29) is 18.4 Å². The Labute approximate surface area is 155 Å². The lowest BCUT2D eigenvalue weighted by atomic mass is 9.94. The van der Waals surface area contributed by atoms with Crippen LogP contribution in [-0.4, -0.2) is 62.3 Å². The Morgan fingerprint density at radius 1 is 1.31 bits per heavy atom. The predicted molar refractivity (Wildman–Crippen MR) is 99.5 cm³/mol. The fraction of sp³-hybridized carbons (Fsp3) is 0.611. The molecule has 7 nitrogen and oxygen atoms in total. The van der Waals surface area contributed by atoms with E-state index in [2.05, 4.69) is 5.32 Å². The summed E-state index contributed by atoms with van der Waals surface area (Å²) in [5.74, 6) is 0.403. The van der Waals surface area contributed by atoms with Crippen LogP contribution in [0.3, 0.4) is 0 Å². The van der Waals surface area contributed by atoms with Crippen LogP contribution >= 0.6 is 0 Å². The van der Waals surface area contributed by atoms with Crippen LogP contribution in [-0.2, 0) is 21.2 Å². The Morgan fingerprint density at radius 3 is 2.38 bits per heavy atom. The highest BCUT2D eigenvalue weighted by Crippen LogP contribution is 2.20. The van der Waals surface area contributed by atoms with Gasteiger partial charge in [-0.25, -0.2) is 12.7 Å². The quantitative estimate of drug-likeness (QED) is 0.724. The number of sulfonamides is 1. The van der Waals surface area contributed by atoms with Gasteiger partial charge in [0, 0.05) is 32.0 Å². The van der Waals surface area contributed by atoms with Crippen molar-refractivity contribution < 1.29 is 23.1 Å². The van der Waals surface area contributed by atoms with Crippen LogP contribution < -0.4 is 10.1 Å². The molecule has 2 N–H and O–H groups in total. The number of methoxy groups -OCH3 is 1. The first-order chi connectivity index (χ1) is 12.1. The molecule has 2 rings (SSSR count). The summed E-state index contributed by atoms with van der Waals surface area (Å²) in [6.45, 7) is 2.55. The third-order valence-corrected chi connectivity index (χ3v) is 5.98. The Kier molecular flexibility index (Phi) is 6.65. The van der Waals surface area contributed by atoms with E-state index in [1.165, 1.54) is 10.6 Å². The lowest BCUT2D eigenvalue weighted by Crippen LogP contribution is -2.47. The Balaban J connectivity index is 1.82. The van der Waals surface area contributed by atoms with Crippen molar-refractivity contribution in [3.63, 3.8) is 0 Å². The van der Waals surface area contributed by atoms with Crippen LogP contribution in [0.5, 0.6) is 5.75 Å². The molecule has 26 heavy (non-hydrogen) atoms. The summed E-state index contributed by atoms with van der Waals surface area (Å²) in [6.07, 6.45) is 2.59. The lowest BCUT2D eigenvalue weighted by molar-refractivity contribution is -0.127. The summed E-state index contributed by atoms with van der Waals surface area (Å²) in [5.41, 5.74) is -0.121. The maximum atomic E-state index is 12.3. The lowest BCUT2D eigenvalue weighted by Gasteiger charge is -2.30. The van der Waals surface area contributed by atoms with Crippen LogP contribution in [0.2, 0.25) is 0 Å². The van der Waals surface area contributed by atoms with E-state index in [1.54, 1.807) is 14.0 Å². The van der Waals surface area contributed by atoms with Crippen molar-refractivity contribution in [3.05, 3.63) is 29.8 Å². The molecular formula is C18H28N2O5S. The number of hydrogen-bond donors (Lipinski definition) is 2. The number of benzene rings is 1. The van der Waals surface area contributed by atoms with Crippen LogP contribution in [0.25, 0.3) is 0 Å². The van der Waals surface area contributed by atoms with Gasteiger partial charge in [-0.3, -0.25) is 4.79 Å². The smallest absolute Gasteiger partial charge is 0.223 e. The van der Waals surface area contributed by atoms with E-state index in [0.717, 1.165) is 11.3 Å². The molecule has 1 amide bonds. The summed E-state index contributed by atoms with van der Waals surface area (Å²) < 4.78 is 29.5. The average Bonchev–Trinajstić information content (AvgIpc) is 2.59. The van der Waals surface area contributed by atoms with E-state index in [4.69, 9.17) is 4.74 Å². The number of carbonyl (C=O) groups excluding carboxylic acids is 1. The summed E-state index contributed by atoms with van der Waals surface area (Å²) in [4.78, 5) is 12.3. The number of piperidine rings is 1. The Morgan fingerprint density at radius 2 is 1.88 bits per heavy atom. The predicted octanol–water partition coefficient (Wildman–Crippen LogP) is 0.776. The minimum Gasteiger partial charge on any atom is -0.497 e. The van der Waals surface area contributed by atoms with Crippen molar-refractivity contribution in [3.8, 4) is 5.75 Å². The van der Waals surface area contributed by atoms with Gasteiger partial charge in [-0.15, -0.1) is 0 Å². The fourth-order valence-corrected chi connectivity index (χ4v) is 3.99. The third kappa shape index (κ3) is 5.96. The highest BCUT2D eigenvalue weighted by atomic mass is 32.2. The molecule has 0 saturated carbocycles. The molecule has 0 aromatic heterocycles. The minimum absolute atomic E-state index is 0.131. The third-order valence-electron chi connectivity index (χ3n) is 4.68. The zero-order valence-electron chi connectivity index (χ0n) is 15.6. The average molecular weight is 384 g/mol. The van der Waals surface area contributed by atoms with E-state index in [9.17, 15) is 18.3 Å². The maximum absolute atomic E-state index is 12.3. The first kappa shape index (κ1) is 20.7. The second kappa shape index (κ2) is 8.37. The molecule has 1 heterocycles. The molecule has 1 atom stereocenters. The number of hydrogen-bond acceptors (Lipinski definition) is 5. The van der Waals surface area contributed by atoms with E-state index in [1.807, 2.05) is 24.3 Å². The highest BCUT2D eigenvalue weighted by Gasteiger charge is 2.30. The van der Waals surface area contributed by atoms with Gasteiger partial charge in [0.15, 0.2) is 0 Å². The van der Waals surface area contributed by atoms with Gasteiger partial charge in [0.2, 0.25) is 15.9 Å². The zero-order valence-corrected chi connectivity index (χ0v) is 16.4. The second-order valence-electron chi connectivity index (χ2n) is 7.18. The van der Waals surface area contributed by atoms with Crippen molar-refractivity contribution in [2.75, 3.05) is 33.0 Å². The van der Waals surface area contributed by atoms with Crippen molar-refractivity contribution in [2.24, 2.45) is 5.92 Å². The van der Waals surface area contributed by atoms with Crippen LogP contribution in [0.4, 0.5) is 0 Å². The number of carbonyl (C=O) groups is 1. The van der Waals surface area contributed by atoms with E-state index < -0.39 is 15.6 Å². The molecule has 1 unspecified atom stereocenters. The summed E-state index contributed by atoms with van der Waals surface area (Å²) in [6, 6.07) is 7.44. The largest absolute Gasteiger partial charge is 0.497 e. The summed E-state index contributed by atoms with van der Waals surface area (Å²) in [7, 11) is -1.60. The number of nitrogens with zero attached hydrogens (tertiary/aromatic N) is 1. The fourth-order valence-electron chi connectivity index (χ4n) is 3.12. The second-order valence-corrected chi connectivity index (χ2v) is 9.16. The Bertz CT molecular complexity index is 708. The van der Waals surface area contributed by atoms with Crippen molar-refractivity contribution in [1.82, 2.24) is 9.62 Å². The molecular weight excluding hydrogens is 356 g/mol. The van der Waals surface area contributed by atoms with Gasteiger partial charge in [-0.1, -0.05) is 12.1 Å². The van der Waals surface area contributed by atoms with Crippen molar-refractivity contribution in [1.29, 1.82) is 0 Å². The van der Waals surface area contributed by atoms with Crippen molar-refractivity contribution in [2.45, 2.75) is 31.8 Å². The highest BCUT2D eigenvalue weighted by molar-refractivity contribution is 7.88. The standard InChI is InChI=1S/C18H28N2O5S/c1-18(22,12-14-4-6-16(25-2)7-5-14)13-19-17(21)15-8-10-20(11-9-15)26(3,23)24/h4-7,15,22H,8-13H2,1-3H3,(H,19,21). The van der Waals surface area contributed by atoms with Gasteiger partial charge in [0.05, 0.1) is 19.0 Å². The number of nitrogens with one attached hydrogen (secondary N) is 1. The molecule has 1 saturated heterocycles. The Hall–Kier alpha value is -1.64. The van der Waals surface area contributed by atoms with E-state index in [0.29, 0.717) is 32.4 Å². The normalized spacial score (nSPS) is 18.9. The first-order valence-corrected chi connectivity index (χ1v) is 10.5. The molecule has 1 aliphatic heterocycles. The number of aliphatic hydroxyl groups is 1. The molecule has 1 aliphatic rings. The van der Waals surface area contributed by atoms with Gasteiger partial charge in [0.25, 0.3) is 0 Å². The SMILES string of the molecule is COc1ccc(CC(C)(O)CNC(=O)C2CCN(S(C)(=O)=O)CC2)cc1.